The Hall–Kier alpha value is -2.33. The molecule has 0 aromatic heterocycles. The highest BCUT2D eigenvalue weighted by Crippen LogP contribution is 2.24. The molecule has 1 aromatic carbocycles. The number of azide groups is 1. The van der Waals surface area contributed by atoms with Crippen LogP contribution in [0, 0.1) is 0 Å². The largest absolute Gasteiger partial charge is 0.274 e. The summed E-state index contributed by atoms with van der Waals surface area (Å²) in [6.45, 7) is 3.79. The second-order valence-corrected chi connectivity index (χ2v) is 5.06. The van der Waals surface area contributed by atoms with E-state index < -0.39 is 5.54 Å². The van der Waals surface area contributed by atoms with Crippen molar-refractivity contribution in [3.8, 4) is 0 Å². The SMILES string of the molecule is CC(C)(CCN1C(=O)c2ccccc2C1=O)N=[N+]=[N-]. The summed E-state index contributed by atoms with van der Waals surface area (Å²) in [5.74, 6) is -0.560. The third kappa shape index (κ3) is 2.44. The van der Waals surface area contributed by atoms with Gasteiger partial charge in [-0.15, -0.1) is 0 Å². The fraction of sp³-hybridized carbons (Fsp3) is 0.385. The summed E-state index contributed by atoms with van der Waals surface area (Å²) in [5.41, 5.74) is 8.71. The van der Waals surface area contributed by atoms with Gasteiger partial charge in [0.1, 0.15) is 0 Å². The number of benzene rings is 1. The summed E-state index contributed by atoms with van der Waals surface area (Å²) in [5, 5.41) is 3.65. The van der Waals surface area contributed by atoms with Crippen LogP contribution in [0.2, 0.25) is 0 Å². The number of imide groups is 1. The van der Waals surface area contributed by atoms with E-state index in [1.165, 1.54) is 4.90 Å². The first kappa shape index (κ1) is 13.1. The van der Waals surface area contributed by atoms with Gasteiger partial charge in [0.2, 0.25) is 0 Å². The van der Waals surface area contributed by atoms with Crippen LogP contribution < -0.4 is 0 Å². The summed E-state index contributed by atoms with van der Waals surface area (Å²) in [6.07, 6.45) is 0.433. The standard InChI is InChI=1S/C13H14N4O2/c1-13(2,15-16-14)7-8-17-11(18)9-5-3-4-6-10(9)12(17)19/h3-6H,7-8H2,1-2H3. The summed E-state index contributed by atoms with van der Waals surface area (Å²) < 4.78 is 0. The number of nitrogens with zero attached hydrogens (tertiary/aromatic N) is 4. The van der Waals surface area contributed by atoms with E-state index >= 15 is 0 Å². The zero-order valence-corrected chi connectivity index (χ0v) is 10.8. The summed E-state index contributed by atoms with van der Waals surface area (Å²) in [6, 6.07) is 6.76. The molecule has 0 bridgehead atoms. The predicted octanol–water partition coefficient (Wildman–Crippen LogP) is 2.76. The van der Waals surface area contributed by atoms with Crippen molar-refractivity contribution in [3.05, 3.63) is 45.8 Å². The van der Waals surface area contributed by atoms with Crippen LogP contribution >= 0.6 is 0 Å². The van der Waals surface area contributed by atoms with E-state index in [1.807, 2.05) is 0 Å². The van der Waals surface area contributed by atoms with Crippen molar-refractivity contribution in [2.75, 3.05) is 6.54 Å². The number of rotatable bonds is 4. The lowest BCUT2D eigenvalue weighted by atomic mass is 10.0. The van der Waals surface area contributed by atoms with Crippen molar-refractivity contribution in [2.24, 2.45) is 5.11 Å². The molecule has 0 N–H and O–H groups in total. The Morgan fingerprint density at radius 3 is 2.21 bits per heavy atom. The Kier molecular flexibility index (Phi) is 3.27. The van der Waals surface area contributed by atoms with Gasteiger partial charge in [-0.25, -0.2) is 0 Å². The molecule has 1 aliphatic heterocycles. The molecule has 0 fully saturated rings. The minimum absolute atomic E-state index is 0.248. The minimum atomic E-state index is -0.621. The van der Waals surface area contributed by atoms with Crippen molar-refractivity contribution in [1.82, 2.24) is 4.90 Å². The van der Waals surface area contributed by atoms with E-state index in [0.29, 0.717) is 17.5 Å². The van der Waals surface area contributed by atoms with Gasteiger partial charge in [0.25, 0.3) is 11.8 Å². The van der Waals surface area contributed by atoms with Gasteiger partial charge < -0.3 is 0 Å². The Bertz CT molecular complexity index is 553. The van der Waals surface area contributed by atoms with Crippen LogP contribution in [-0.4, -0.2) is 28.8 Å². The van der Waals surface area contributed by atoms with Gasteiger partial charge in [0.05, 0.1) is 11.1 Å². The third-order valence-corrected chi connectivity index (χ3v) is 3.14. The fourth-order valence-electron chi connectivity index (χ4n) is 2.00. The maximum Gasteiger partial charge on any atom is 0.261 e. The Morgan fingerprint density at radius 2 is 1.74 bits per heavy atom. The molecule has 0 saturated heterocycles. The monoisotopic (exact) mass is 258 g/mol. The molecule has 0 aliphatic carbocycles. The molecule has 0 spiro atoms. The number of amides is 2. The van der Waals surface area contributed by atoms with Crippen LogP contribution in [0.1, 0.15) is 41.0 Å². The van der Waals surface area contributed by atoms with Crippen LogP contribution in [-0.2, 0) is 0 Å². The van der Waals surface area contributed by atoms with Gasteiger partial charge in [0, 0.05) is 17.0 Å². The number of carbonyl (C=O) groups is 2. The highest BCUT2D eigenvalue weighted by molar-refractivity contribution is 6.21. The van der Waals surface area contributed by atoms with Crippen molar-refractivity contribution in [1.29, 1.82) is 0 Å². The molecule has 0 saturated carbocycles. The second-order valence-electron chi connectivity index (χ2n) is 5.06. The van der Waals surface area contributed by atoms with Gasteiger partial charge >= 0.3 is 0 Å². The molecule has 0 radical (unpaired) electrons. The van der Waals surface area contributed by atoms with Gasteiger partial charge in [-0.05, 0) is 24.1 Å². The first-order chi connectivity index (χ1) is 8.96. The highest BCUT2D eigenvalue weighted by Gasteiger charge is 2.35. The zero-order chi connectivity index (χ0) is 14.0. The number of fused-ring (bicyclic) bond motifs is 1. The molecule has 0 unspecified atom stereocenters. The van der Waals surface area contributed by atoms with Crippen LogP contribution in [0.15, 0.2) is 29.4 Å². The smallest absolute Gasteiger partial charge is 0.261 e. The molecular formula is C13H14N4O2. The lowest BCUT2D eigenvalue weighted by molar-refractivity contribution is 0.0645. The molecule has 2 rings (SSSR count). The molecule has 1 aliphatic rings. The normalized spacial score (nSPS) is 14.3. The first-order valence-corrected chi connectivity index (χ1v) is 5.98. The van der Waals surface area contributed by atoms with Crippen LogP contribution in [0.4, 0.5) is 0 Å². The van der Waals surface area contributed by atoms with Crippen molar-refractivity contribution in [2.45, 2.75) is 25.8 Å². The van der Waals surface area contributed by atoms with E-state index in [0.717, 1.165) is 0 Å². The quantitative estimate of drug-likeness (QED) is 0.360. The Morgan fingerprint density at radius 1 is 1.21 bits per heavy atom. The average molecular weight is 258 g/mol. The zero-order valence-electron chi connectivity index (χ0n) is 10.8. The lowest BCUT2D eigenvalue weighted by Gasteiger charge is -2.21. The average Bonchev–Trinajstić information content (AvgIpc) is 2.61. The first-order valence-electron chi connectivity index (χ1n) is 5.98. The van der Waals surface area contributed by atoms with E-state index in [-0.39, 0.29) is 18.4 Å². The van der Waals surface area contributed by atoms with E-state index in [4.69, 9.17) is 5.53 Å². The number of hydrogen-bond acceptors (Lipinski definition) is 3. The highest BCUT2D eigenvalue weighted by atomic mass is 16.2. The number of carbonyl (C=O) groups excluding carboxylic acids is 2. The maximum atomic E-state index is 12.1. The number of hydrogen-bond donors (Lipinski definition) is 0. The molecule has 98 valence electrons. The molecule has 0 atom stereocenters. The predicted molar refractivity (Wildman–Crippen MR) is 69.7 cm³/mol. The lowest BCUT2D eigenvalue weighted by Crippen LogP contribution is -2.34. The third-order valence-electron chi connectivity index (χ3n) is 3.14. The molecular weight excluding hydrogens is 244 g/mol. The topological polar surface area (TPSA) is 86.1 Å². The van der Waals surface area contributed by atoms with Gasteiger partial charge in [-0.1, -0.05) is 31.1 Å². The Balaban J connectivity index is 2.15. The Labute approximate surface area is 110 Å². The molecule has 19 heavy (non-hydrogen) atoms. The van der Waals surface area contributed by atoms with Gasteiger partial charge in [-0.3, -0.25) is 14.5 Å². The van der Waals surface area contributed by atoms with Crippen molar-refractivity contribution in [3.63, 3.8) is 0 Å². The van der Waals surface area contributed by atoms with Crippen molar-refractivity contribution < 1.29 is 9.59 Å². The van der Waals surface area contributed by atoms with Gasteiger partial charge in [-0.2, -0.15) is 0 Å². The summed E-state index contributed by atoms with van der Waals surface area (Å²) in [4.78, 5) is 28.1. The maximum absolute atomic E-state index is 12.1. The van der Waals surface area contributed by atoms with Gasteiger partial charge in [0.15, 0.2) is 0 Å². The van der Waals surface area contributed by atoms with Crippen LogP contribution in [0.25, 0.3) is 10.4 Å². The molecule has 6 heteroatoms. The molecule has 2 amide bonds. The summed E-state index contributed by atoms with van der Waals surface area (Å²) >= 11 is 0. The molecule has 6 nitrogen and oxygen atoms in total. The second kappa shape index (κ2) is 4.74. The minimum Gasteiger partial charge on any atom is -0.274 e. The summed E-state index contributed by atoms with van der Waals surface area (Å²) in [7, 11) is 0. The van der Waals surface area contributed by atoms with E-state index in [2.05, 4.69) is 10.0 Å². The fourth-order valence-corrected chi connectivity index (χ4v) is 2.00. The molecule has 1 heterocycles. The van der Waals surface area contributed by atoms with E-state index in [1.54, 1.807) is 38.1 Å². The molecule has 1 aromatic rings. The van der Waals surface area contributed by atoms with E-state index in [9.17, 15) is 9.59 Å². The van der Waals surface area contributed by atoms with Crippen molar-refractivity contribution >= 4 is 11.8 Å². The van der Waals surface area contributed by atoms with Crippen LogP contribution in [0.3, 0.4) is 0 Å². The van der Waals surface area contributed by atoms with Crippen LogP contribution in [0.5, 0.6) is 0 Å².